The van der Waals surface area contributed by atoms with Gasteiger partial charge in [0.1, 0.15) is 0 Å². The molecule has 0 saturated heterocycles. The van der Waals surface area contributed by atoms with E-state index in [4.69, 9.17) is 34.1 Å². The number of rotatable bonds is 7. The molecule has 404 valence electrons. The first-order valence-corrected chi connectivity index (χ1v) is 41.0. The summed E-state index contributed by atoms with van der Waals surface area (Å²) in [4.78, 5) is 0. The first-order valence-electron chi connectivity index (χ1n) is 28.3. The molecule has 8 saturated carbocycles. The van der Waals surface area contributed by atoms with E-state index in [1.54, 1.807) is 62.5 Å². The number of hydrogen-bond donors (Lipinski definition) is 0. The number of benzene rings is 2. The van der Waals surface area contributed by atoms with Crippen LogP contribution < -0.4 is 0 Å². The Hall–Kier alpha value is 1.37. The van der Waals surface area contributed by atoms with Gasteiger partial charge in [0, 0.05) is 5.41 Å². The average molecular weight is 1210 g/mol. The van der Waals surface area contributed by atoms with Crippen LogP contribution in [0.4, 0.5) is 0 Å². The number of hydrogen-bond acceptors (Lipinski definition) is 0. The van der Waals surface area contributed by atoms with Gasteiger partial charge in [-0.2, -0.15) is 0 Å². The molecule has 0 nitrogen and oxygen atoms in total. The molecule has 2 aromatic carbocycles. The van der Waals surface area contributed by atoms with Gasteiger partial charge in [-0.3, -0.25) is 0 Å². The van der Waals surface area contributed by atoms with Crippen molar-refractivity contribution in [3.63, 3.8) is 0 Å². The Kier molecular flexibility index (Phi) is 32.5. The molecule has 12 unspecified atom stereocenters. The zero-order valence-electron chi connectivity index (χ0n) is 47.7. The fraction of sp³-hybridized carbons (Fsp3) is 0.754. The summed E-state index contributed by atoms with van der Waals surface area (Å²) >= 11 is -1.65. The van der Waals surface area contributed by atoms with Crippen molar-refractivity contribution in [2.75, 3.05) is 0 Å². The van der Waals surface area contributed by atoms with Crippen LogP contribution in [0.15, 0.2) is 60.7 Å². The number of fused-ring (bicyclic) bond motifs is 5. The third kappa shape index (κ3) is 17.9. The van der Waals surface area contributed by atoms with E-state index < -0.39 is 41.7 Å². The van der Waals surface area contributed by atoms with E-state index in [2.05, 4.69) is 109 Å². The van der Waals surface area contributed by atoms with Crippen LogP contribution in [0.5, 0.6) is 0 Å². The van der Waals surface area contributed by atoms with Gasteiger partial charge in [0.25, 0.3) is 0 Å². The predicted octanol–water partition coefficient (Wildman–Crippen LogP) is 22.9. The molecule has 0 bridgehead atoms. The van der Waals surface area contributed by atoms with Crippen molar-refractivity contribution in [1.29, 1.82) is 0 Å². The zero-order chi connectivity index (χ0) is 48.0. The van der Waals surface area contributed by atoms with E-state index in [1.807, 2.05) is 0 Å². The van der Waals surface area contributed by atoms with Crippen LogP contribution >= 0.6 is 34.1 Å². The van der Waals surface area contributed by atoms with Crippen LogP contribution in [-0.2, 0) is 47.1 Å². The molecule has 2 aromatic rings. The second kappa shape index (κ2) is 33.7. The van der Waals surface area contributed by atoms with Crippen molar-refractivity contribution in [2.24, 2.45) is 87.8 Å². The summed E-state index contributed by atoms with van der Waals surface area (Å²) in [7, 11) is 19.7. The summed E-state index contributed by atoms with van der Waals surface area (Å²) in [5, 5.41) is 0. The van der Waals surface area contributed by atoms with E-state index in [0.717, 1.165) is 53.3 Å². The SMILES string of the molecule is C1CCC2CCCC2C1.C1CCC2CCCC2C1.CCCCC1CCC(C(c2ccccc2)(c2ccccc2)C2C3CC(C(C)(C)C)CCC3C3CCC(C(C)(C)C)CC32)C1.[CH3-].[CH3-].[CH3-].[CH3-].[Cl][Zr+2][Cl].[Cl][Zr+2][Cl]. The third-order valence-corrected chi connectivity index (χ3v) is 20.4. The third-order valence-electron chi connectivity index (χ3n) is 20.4. The fourth-order valence-electron chi connectivity index (χ4n) is 17.3. The van der Waals surface area contributed by atoms with E-state index >= 15 is 0 Å². The normalized spacial score (nSPS) is 32.3. The molecule has 0 amide bonds. The van der Waals surface area contributed by atoms with Crippen LogP contribution in [0.3, 0.4) is 0 Å². The van der Waals surface area contributed by atoms with Crippen LogP contribution in [0.25, 0.3) is 0 Å². The van der Waals surface area contributed by atoms with Gasteiger partial charge in [-0.15, -0.1) is 0 Å². The van der Waals surface area contributed by atoms with Crippen molar-refractivity contribution < 1.29 is 41.7 Å². The van der Waals surface area contributed by atoms with Crippen LogP contribution in [0.2, 0.25) is 0 Å². The first kappa shape index (κ1) is 68.5. The van der Waals surface area contributed by atoms with Gasteiger partial charge in [0.05, 0.1) is 0 Å². The Labute approximate surface area is 481 Å². The minimum absolute atomic E-state index is 0. The summed E-state index contributed by atoms with van der Waals surface area (Å²) in [6, 6.07) is 24.3. The summed E-state index contributed by atoms with van der Waals surface area (Å²) in [5.74, 6) is 12.3. The molecule has 8 aliphatic rings. The molecule has 8 aliphatic carbocycles. The number of halogens is 4. The van der Waals surface area contributed by atoms with Crippen molar-refractivity contribution in [3.05, 3.63) is 101 Å². The fourth-order valence-corrected chi connectivity index (χ4v) is 17.3. The van der Waals surface area contributed by atoms with E-state index in [-0.39, 0.29) is 35.1 Å². The molecule has 0 aromatic heterocycles. The van der Waals surface area contributed by atoms with Crippen LogP contribution in [-0.4, -0.2) is 0 Å². The molecule has 8 fully saturated rings. The Morgan fingerprint density at radius 3 is 1.10 bits per heavy atom. The second-order valence-electron chi connectivity index (χ2n) is 25.7. The Morgan fingerprint density at radius 1 is 0.423 bits per heavy atom. The van der Waals surface area contributed by atoms with Gasteiger partial charge in [0.2, 0.25) is 0 Å². The topological polar surface area (TPSA) is 0 Å². The standard InChI is InChI=1S/C43H64.2C9H16.4CH3.4ClH.2Zr/c1-8-9-16-30-21-22-35(27-30)43(31-17-12-10-13-18-31,32-19-14-11-15-20-32)40-38-28-33(41(2,3)4)23-25-36(38)37-26-24-34(29-39(37)40)42(5,6)7;2*1-2-5-9-7-3-6-8(9)4-1;;;;;;;;;;/h10-15,17-20,30,33-40H,8-9,16,21-29H2,1-7H3;2*8-9H,1-7H2;4*1H3;4*1H;;/q;;;4*-1;;;;;2*+4/p-4. The van der Waals surface area contributed by atoms with Gasteiger partial charge in [0.15, 0.2) is 0 Å². The molecule has 10 rings (SSSR count). The summed E-state index contributed by atoms with van der Waals surface area (Å²) in [5.41, 5.74) is 4.23. The molecular formula is C65H108Cl4Zr2. The van der Waals surface area contributed by atoms with Gasteiger partial charge in [-0.25, -0.2) is 0 Å². The Balaban J connectivity index is 0.000000503. The van der Waals surface area contributed by atoms with Crippen molar-refractivity contribution in [1.82, 2.24) is 0 Å². The molecule has 0 radical (unpaired) electrons. The molecule has 6 heteroatoms. The Bertz CT molecular complexity index is 1530. The quantitative estimate of drug-likeness (QED) is 0.242. The second-order valence-corrected chi connectivity index (χ2v) is 33.1. The van der Waals surface area contributed by atoms with E-state index in [9.17, 15) is 0 Å². The zero-order valence-corrected chi connectivity index (χ0v) is 55.6. The average Bonchev–Trinajstić information content (AvgIpc) is 4.17. The molecule has 12 atom stereocenters. The molecule has 71 heavy (non-hydrogen) atoms. The Morgan fingerprint density at radius 2 is 0.761 bits per heavy atom. The van der Waals surface area contributed by atoms with Gasteiger partial charge in [-0.05, 0) is 150 Å². The van der Waals surface area contributed by atoms with Crippen LogP contribution in [0.1, 0.15) is 227 Å². The predicted molar refractivity (Wildman–Crippen MR) is 313 cm³/mol. The molecule has 0 aliphatic heterocycles. The summed E-state index contributed by atoms with van der Waals surface area (Å²) in [6.45, 7) is 17.6. The van der Waals surface area contributed by atoms with E-state index in [1.165, 1.54) is 139 Å². The van der Waals surface area contributed by atoms with Crippen LogP contribution in [0, 0.1) is 117 Å². The summed E-state index contributed by atoms with van der Waals surface area (Å²) < 4.78 is 0. The monoisotopic (exact) mass is 1210 g/mol. The van der Waals surface area contributed by atoms with Gasteiger partial charge >= 0.3 is 75.7 Å². The molecular weight excluding hydrogens is 1100 g/mol. The van der Waals surface area contributed by atoms with Crippen molar-refractivity contribution in [3.8, 4) is 0 Å². The molecule has 0 spiro atoms. The van der Waals surface area contributed by atoms with Gasteiger partial charge in [-0.1, -0.05) is 225 Å². The van der Waals surface area contributed by atoms with Crippen molar-refractivity contribution >= 4 is 34.1 Å². The molecule has 0 N–H and O–H groups in total. The first-order chi connectivity index (χ1) is 32.3. The minimum atomic E-state index is -0.826. The van der Waals surface area contributed by atoms with Crippen molar-refractivity contribution in [2.45, 2.75) is 221 Å². The summed E-state index contributed by atoms with van der Waals surface area (Å²) in [6.07, 6.45) is 38.9. The molecule has 0 heterocycles. The maximum atomic E-state index is 4.93. The van der Waals surface area contributed by atoms with Gasteiger partial charge < -0.3 is 29.7 Å². The maximum absolute atomic E-state index is 4.93. The number of unbranched alkanes of at least 4 members (excludes halogenated alkanes) is 1. The van der Waals surface area contributed by atoms with E-state index in [0.29, 0.717) is 10.8 Å².